The maximum atomic E-state index is 11.5. The Morgan fingerprint density at radius 1 is 1.29 bits per heavy atom. The lowest BCUT2D eigenvalue weighted by atomic mass is 10.2. The van der Waals surface area contributed by atoms with Gasteiger partial charge in [0.15, 0.2) is 0 Å². The van der Waals surface area contributed by atoms with Gasteiger partial charge in [0.2, 0.25) is 0 Å². The Bertz CT molecular complexity index is 248. The molecule has 1 aliphatic rings. The third-order valence-electron chi connectivity index (χ3n) is 2.68. The third kappa shape index (κ3) is 6.51. The number of hydrogen-bond acceptors (Lipinski definition) is 3. The molecule has 2 N–H and O–H groups in total. The zero-order chi connectivity index (χ0) is 12.9. The highest BCUT2D eigenvalue weighted by Gasteiger charge is 2.38. The lowest BCUT2D eigenvalue weighted by Gasteiger charge is -2.19. The highest BCUT2D eigenvalue weighted by molar-refractivity contribution is 5.68. The average Bonchev–Trinajstić information content (AvgIpc) is 2.88. The molecule has 1 amide bonds. The summed E-state index contributed by atoms with van der Waals surface area (Å²) in [5.74, 6) is 0. The van der Waals surface area contributed by atoms with Gasteiger partial charge in [0.1, 0.15) is 5.60 Å². The molecule has 2 unspecified atom stereocenters. The van der Waals surface area contributed by atoms with Crippen LogP contribution >= 0.6 is 0 Å². The van der Waals surface area contributed by atoms with E-state index in [2.05, 4.69) is 17.6 Å². The highest BCUT2D eigenvalue weighted by Crippen LogP contribution is 2.21. The van der Waals surface area contributed by atoms with E-state index in [4.69, 9.17) is 4.74 Å². The van der Waals surface area contributed by atoms with E-state index < -0.39 is 5.60 Å². The van der Waals surface area contributed by atoms with Crippen molar-refractivity contribution in [1.82, 2.24) is 10.6 Å². The first kappa shape index (κ1) is 14.3. The maximum absolute atomic E-state index is 11.5. The molecule has 1 fully saturated rings. The molecule has 0 aromatic carbocycles. The van der Waals surface area contributed by atoms with Crippen LogP contribution in [0.4, 0.5) is 4.79 Å². The van der Waals surface area contributed by atoms with Crippen molar-refractivity contribution in [3.8, 4) is 0 Å². The molecule has 100 valence electrons. The predicted molar refractivity (Wildman–Crippen MR) is 69.1 cm³/mol. The second-order valence-electron chi connectivity index (χ2n) is 5.76. The molecular weight excluding hydrogens is 216 g/mol. The number of nitrogens with one attached hydrogen (secondary N) is 2. The molecule has 4 heteroatoms. The highest BCUT2D eigenvalue weighted by atomic mass is 16.6. The number of amides is 1. The van der Waals surface area contributed by atoms with Crippen LogP contribution in [0.5, 0.6) is 0 Å². The quantitative estimate of drug-likeness (QED) is 0.703. The van der Waals surface area contributed by atoms with Gasteiger partial charge >= 0.3 is 6.09 Å². The molecule has 0 aromatic rings. The molecule has 0 spiro atoms. The van der Waals surface area contributed by atoms with E-state index in [1.165, 1.54) is 19.3 Å². The molecule has 1 rings (SSSR count). The van der Waals surface area contributed by atoms with Crippen LogP contribution in [0.1, 0.15) is 53.4 Å². The Labute approximate surface area is 104 Å². The van der Waals surface area contributed by atoms with Gasteiger partial charge in [0.25, 0.3) is 0 Å². The lowest BCUT2D eigenvalue weighted by molar-refractivity contribution is 0.0522. The van der Waals surface area contributed by atoms with E-state index in [9.17, 15) is 4.79 Å². The van der Waals surface area contributed by atoms with E-state index in [0.29, 0.717) is 6.04 Å². The smallest absolute Gasteiger partial charge is 0.407 e. The molecule has 0 aliphatic heterocycles. The molecular formula is C13H26N2O2. The van der Waals surface area contributed by atoms with Crippen molar-refractivity contribution in [2.75, 3.05) is 6.54 Å². The van der Waals surface area contributed by atoms with Crippen LogP contribution in [0.25, 0.3) is 0 Å². The first-order chi connectivity index (χ1) is 7.92. The zero-order valence-electron chi connectivity index (χ0n) is 11.5. The van der Waals surface area contributed by atoms with Crippen molar-refractivity contribution in [1.29, 1.82) is 0 Å². The van der Waals surface area contributed by atoms with Crippen molar-refractivity contribution in [2.45, 2.75) is 71.1 Å². The summed E-state index contributed by atoms with van der Waals surface area (Å²) in [6, 6.07) is 0.700. The van der Waals surface area contributed by atoms with Crippen molar-refractivity contribution in [2.24, 2.45) is 0 Å². The van der Waals surface area contributed by atoms with Gasteiger partial charge < -0.3 is 15.4 Å². The summed E-state index contributed by atoms with van der Waals surface area (Å²) in [7, 11) is 0. The molecule has 1 saturated carbocycles. The van der Waals surface area contributed by atoms with Crippen molar-refractivity contribution >= 4 is 6.09 Å². The van der Waals surface area contributed by atoms with Gasteiger partial charge in [-0.05, 0) is 40.2 Å². The average molecular weight is 242 g/mol. The Balaban J connectivity index is 2.05. The Morgan fingerprint density at radius 2 is 2.00 bits per heavy atom. The summed E-state index contributed by atoms with van der Waals surface area (Å²) in [5, 5.41) is 6.32. The van der Waals surface area contributed by atoms with Crippen LogP contribution in [0.2, 0.25) is 0 Å². The third-order valence-corrected chi connectivity index (χ3v) is 2.68. The van der Waals surface area contributed by atoms with Crippen molar-refractivity contribution < 1.29 is 9.53 Å². The van der Waals surface area contributed by atoms with Crippen molar-refractivity contribution in [3.63, 3.8) is 0 Å². The number of alkyl carbamates (subject to hydrolysis) is 1. The zero-order valence-corrected chi connectivity index (χ0v) is 11.5. The Morgan fingerprint density at radius 3 is 2.59 bits per heavy atom. The summed E-state index contributed by atoms with van der Waals surface area (Å²) < 4.78 is 5.20. The molecule has 0 bridgehead atoms. The van der Waals surface area contributed by atoms with Crippen LogP contribution in [0.15, 0.2) is 0 Å². The maximum Gasteiger partial charge on any atom is 0.407 e. The summed E-state index contributed by atoms with van der Waals surface area (Å²) >= 11 is 0. The number of hydrogen-bond donors (Lipinski definition) is 2. The molecule has 17 heavy (non-hydrogen) atoms. The molecule has 0 aromatic heterocycles. The largest absolute Gasteiger partial charge is 0.444 e. The van der Waals surface area contributed by atoms with Crippen LogP contribution < -0.4 is 10.6 Å². The Kier molecular flexibility index (Phi) is 5.25. The lowest BCUT2D eigenvalue weighted by Crippen LogP contribution is -2.36. The summed E-state index contributed by atoms with van der Waals surface area (Å²) in [5.41, 5.74) is -0.414. The summed E-state index contributed by atoms with van der Waals surface area (Å²) in [6.45, 7) is 8.87. The molecule has 0 heterocycles. The standard InChI is InChI=1S/C13H26N2O2/c1-5-6-7-8-14-10-9-11(10)15-12(16)17-13(2,3)4/h10-11,14H,5-9H2,1-4H3,(H,15,16). The van der Waals surface area contributed by atoms with E-state index in [0.717, 1.165) is 13.0 Å². The van der Waals surface area contributed by atoms with Gasteiger partial charge in [-0.3, -0.25) is 0 Å². The fraction of sp³-hybridized carbons (Fsp3) is 0.923. The normalized spacial score (nSPS) is 23.3. The fourth-order valence-electron chi connectivity index (χ4n) is 1.70. The monoisotopic (exact) mass is 242 g/mol. The SMILES string of the molecule is CCCCCNC1CC1NC(=O)OC(C)(C)C. The van der Waals surface area contributed by atoms with Gasteiger partial charge in [-0.1, -0.05) is 19.8 Å². The predicted octanol–water partition coefficient (Wildman–Crippen LogP) is 2.43. The van der Waals surface area contributed by atoms with Crippen LogP contribution in [0, 0.1) is 0 Å². The minimum Gasteiger partial charge on any atom is -0.444 e. The topological polar surface area (TPSA) is 50.4 Å². The van der Waals surface area contributed by atoms with Gasteiger partial charge in [-0.15, -0.1) is 0 Å². The number of carbonyl (C=O) groups excluding carboxylic acids is 1. The number of unbranched alkanes of at least 4 members (excludes halogenated alkanes) is 2. The van der Waals surface area contributed by atoms with Crippen LogP contribution in [0.3, 0.4) is 0 Å². The molecule has 0 radical (unpaired) electrons. The van der Waals surface area contributed by atoms with Crippen LogP contribution in [-0.2, 0) is 4.74 Å². The molecule has 4 nitrogen and oxygen atoms in total. The first-order valence-electron chi connectivity index (χ1n) is 6.65. The Hall–Kier alpha value is -0.770. The second-order valence-corrected chi connectivity index (χ2v) is 5.76. The van der Waals surface area contributed by atoms with Gasteiger partial charge in [-0.25, -0.2) is 4.79 Å². The number of rotatable bonds is 6. The van der Waals surface area contributed by atoms with Gasteiger partial charge in [-0.2, -0.15) is 0 Å². The van der Waals surface area contributed by atoms with E-state index in [1.807, 2.05) is 20.8 Å². The molecule has 1 aliphatic carbocycles. The van der Waals surface area contributed by atoms with Crippen LogP contribution in [-0.4, -0.2) is 30.3 Å². The first-order valence-corrected chi connectivity index (χ1v) is 6.65. The second kappa shape index (κ2) is 6.24. The number of carbonyl (C=O) groups is 1. The minimum atomic E-state index is -0.414. The molecule has 2 atom stereocenters. The van der Waals surface area contributed by atoms with E-state index >= 15 is 0 Å². The number of ether oxygens (including phenoxy) is 1. The van der Waals surface area contributed by atoms with Gasteiger partial charge in [0.05, 0.1) is 0 Å². The van der Waals surface area contributed by atoms with Crippen molar-refractivity contribution in [3.05, 3.63) is 0 Å². The fourth-order valence-corrected chi connectivity index (χ4v) is 1.70. The summed E-state index contributed by atoms with van der Waals surface area (Å²) in [6.07, 6.45) is 4.44. The van der Waals surface area contributed by atoms with Gasteiger partial charge in [0, 0.05) is 12.1 Å². The summed E-state index contributed by atoms with van der Waals surface area (Å²) in [4.78, 5) is 11.5. The van der Waals surface area contributed by atoms with E-state index in [-0.39, 0.29) is 12.1 Å². The van der Waals surface area contributed by atoms with E-state index in [1.54, 1.807) is 0 Å². The minimum absolute atomic E-state index is 0.256. The molecule has 0 saturated heterocycles.